The minimum Gasteiger partial charge on any atom is -0.355 e. The van der Waals surface area contributed by atoms with Crippen molar-refractivity contribution in [2.24, 2.45) is 5.41 Å². The summed E-state index contributed by atoms with van der Waals surface area (Å²) in [4.78, 5) is 6.58. The Hall–Kier alpha value is -1.03. The smallest absolute Gasteiger partial charge is 0.202 e. The maximum Gasteiger partial charge on any atom is 0.202 e. The van der Waals surface area contributed by atoms with Crippen LogP contribution in [0.2, 0.25) is 0 Å². The van der Waals surface area contributed by atoms with E-state index < -0.39 is 0 Å². The number of nitrogens with zero attached hydrogens (tertiary/aromatic N) is 3. The predicted molar refractivity (Wildman–Crippen MR) is 73.3 cm³/mol. The average Bonchev–Trinajstić information content (AvgIpc) is 2.61. The molecule has 1 heterocycles. The first-order valence-corrected chi connectivity index (χ1v) is 6.34. The highest BCUT2D eigenvalue weighted by molar-refractivity contribution is 5.26. The van der Waals surface area contributed by atoms with E-state index in [4.69, 9.17) is 0 Å². The molecule has 0 aliphatic heterocycles. The Bertz CT molecular complexity index is 328. The lowest BCUT2D eigenvalue weighted by Crippen LogP contribution is -2.34. The van der Waals surface area contributed by atoms with Crippen molar-refractivity contribution in [1.82, 2.24) is 14.5 Å². The zero-order chi connectivity index (χ0) is 12.9. The summed E-state index contributed by atoms with van der Waals surface area (Å²) in [6.45, 7) is 9.75. The van der Waals surface area contributed by atoms with Crippen LogP contribution in [0, 0.1) is 5.41 Å². The standard InChI is InChI=1S/C13H26N4/c1-6-8-17-9-7-14-12(17)15-10-13(2,3)11-16(4)5/h7,9H,6,8,10-11H2,1-5H3,(H,14,15). The van der Waals surface area contributed by atoms with Crippen LogP contribution >= 0.6 is 0 Å². The van der Waals surface area contributed by atoms with Gasteiger partial charge in [-0.3, -0.25) is 0 Å². The van der Waals surface area contributed by atoms with Crippen LogP contribution in [0.15, 0.2) is 12.4 Å². The van der Waals surface area contributed by atoms with Crippen molar-refractivity contribution in [3.63, 3.8) is 0 Å². The lowest BCUT2D eigenvalue weighted by Gasteiger charge is -2.28. The molecule has 0 unspecified atom stereocenters. The minimum absolute atomic E-state index is 0.243. The van der Waals surface area contributed by atoms with Gasteiger partial charge < -0.3 is 14.8 Å². The highest BCUT2D eigenvalue weighted by Crippen LogP contribution is 2.17. The van der Waals surface area contributed by atoms with Crippen LogP contribution < -0.4 is 5.32 Å². The molecule has 17 heavy (non-hydrogen) atoms. The number of imidazole rings is 1. The summed E-state index contributed by atoms with van der Waals surface area (Å²) in [6.07, 6.45) is 5.02. The third kappa shape index (κ3) is 4.77. The number of rotatable bonds is 7. The number of aromatic nitrogens is 2. The normalized spacial score (nSPS) is 12.1. The first kappa shape index (κ1) is 14.0. The Balaban J connectivity index is 2.51. The molecule has 0 amide bonds. The monoisotopic (exact) mass is 238 g/mol. The Morgan fingerprint density at radius 2 is 2.12 bits per heavy atom. The minimum atomic E-state index is 0.243. The third-order valence-corrected chi connectivity index (χ3v) is 2.65. The summed E-state index contributed by atoms with van der Waals surface area (Å²) in [6, 6.07) is 0. The number of hydrogen-bond donors (Lipinski definition) is 1. The Morgan fingerprint density at radius 1 is 1.41 bits per heavy atom. The van der Waals surface area contributed by atoms with E-state index in [2.05, 4.69) is 54.6 Å². The van der Waals surface area contributed by atoms with Crippen molar-refractivity contribution in [1.29, 1.82) is 0 Å². The van der Waals surface area contributed by atoms with Gasteiger partial charge in [-0.05, 0) is 25.9 Å². The molecule has 1 N–H and O–H groups in total. The summed E-state index contributed by atoms with van der Waals surface area (Å²) >= 11 is 0. The van der Waals surface area contributed by atoms with Gasteiger partial charge in [-0.1, -0.05) is 20.8 Å². The summed E-state index contributed by atoms with van der Waals surface area (Å²) in [7, 11) is 4.22. The summed E-state index contributed by atoms with van der Waals surface area (Å²) < 4.78 is 2.17. The molecular formula is C13H26N4. The van der Waals surface area contributed by atoms with E-state index in [0.29, 0.717) is 0 Å². The van der Waals surface area contributed by atoms with E-state index in [9.17, 15) is 0 Å². The fourth-order valence-corrected chi connectivity index (χ4v) is 2.13. The quantitative estimate of drug-likeness (QED) is 0.791. The van der Waals surface area contributed by atoms with Crippen LogP contribution in [-0.2, 0) is 6.54 Å². The number of hydrogen-bond acceptors (Lipinski definition) is 3. The number of anilines is 1. The molecule has 1 aromatic heterocycles. The Labute approximate surface area is 105 Å². The highest BCUT2D eigenvalue weighted by Gasteiger charge is 2.19. The molecule has 98 valence electrons. The summed E-state index contributed by atoms with van der Waals surface area (Å²) in [5.74, 6) is 0.985. The molecule has 4 heteroatoms. The van der Waals surface area contributed by atoms with Gasteiger partial charge in [-0.25, -0.2) is 4.98 Å². The van der Waals surface area contributed by atoms with E-state index in [-0.39, 0.29) is 5.41 Å². The van der Waals surface area contributed by atoms with E-state index in [1.54, 1.807) is 0 Å². The second-order valence-corrected chi connectivity index (χ2v) is 5.70. The molecule has 0 bridgehead atoms. The van der Waals surface area contributed by atoms with Crippen molar-refractivity contribution in [2.45, 2.75) is 33.7 Å². The van der Waals surface area contributed by atoms with Gasteiger partial charge in [-0.15, -0.1) is 0 Å². The van der Waals surface area contributed by atoms with Crippen molar-refractivity contribution in [3.05, 3.63) is 12.4 Å². The van der Waals surface area contributed by atoms with Gasteiger partial charge in [0.1, 0.15) is 0 Å². The molecule has 0 aliphatic rings. The zero-order valence-electron chi connectivity index (χ0n) is 11.8. The first-order chi connectivity index (χ1) is 7.94. The van der Waals surface area contributed by atoms with E-state index in [0.717, 1.165) is 32.0 Å². The summed E-state index contributed by atoms with van der Waals surface area (Å²) in [5.41, 5.74) is 0.243. The zero-order valence-corrected chi connectivity index (χ0v) is 11.8. The summed E-state index contributed by atoms with van der Waals surface area (Å²) in [5, 5.41) is 3.45. The topological polar surface area (TPSA) is 33.1 Å². The molecule has 0 fully saturated rings. The van der Waals surface area contributed by atoms with Crippen LogP contribution in [0.25, 0.3) is 0 Å². The maximum atomic E-state index is 4.36. The van der Waals surface area contributed by atoms with Gasteiger partial charge >= 0.3 is 0 Å². The fraction of sp³-hybridized carbons (Fsp3) is 0.769. The van der Waals surface area contributed by atoms with Crippen LogP contribution in [0.3, 0.4) is 0 Å². The van der Waals surface area contributed by atoms with E-state index in [1.165, 1.54) is 0 Å². The molecule has 4 nitrogen and oxygen atoms in total. The predicted octanol–water partition coefficient (Wildman–Crippen LogP) is 2.29. The van der Waals surface area contributed by atoms with Gasteiger partial charge in [-0.2, -0.15) is 0 Å². The highest BCUT2D eigenvalue weighted by atomic mass is 15.2. The fourth-order valence-electron chi connectivity index (χ4n) is 2.13. The van der Waals surface area contributed by atoms with Crippen LogP contribution in [0.1, 0.15) is 27.2 Å². The molecule has 1 aromatic rings. The average molecular weight is 238 g/mol. The molecule has 0 saturated carbocycles. The molecule has 0 radical (unpaired) electrons. The largest absolute Gasteiger partial charge is 0.355 e. The first-order valence-electron chi connectivity index (χ1n) is 6.34. The van der Waals surface area contributed by atoms with Crippen molar-refractivity contribution in [2.75, 3.05) is 32.5 Å². The van der Waals surface area contributed by atoms with E-state index in [1.807, 2.05) is 12.4 Å². The number of nitrogens with one attached hydrogen (secondary N) is 1. The molecule has 1 rings (SSSR count). The van der Waals surface area contributed by atoms with E-state index >= 15 is 0 Å². The Kier molecular flexibility index (Phi) is 5.00. The molecular weight excluding hydrogens is 212 g/mol. The molecule has 0 aromatic carbocycles. The maximum absolute atomic E-state index is 4.36. The van der Waals surface area contributed by atoms with Crippen LogP contribution in [-0.4, -0.2) is 41.6 Å². The van der Waals surface area contributed by atoms with Gasteiger partial charge in [0.25, 0.3) is 0 Å². The second-order valence-electron chi connectivity index (χ2n) is 5.70. The number of aryl methyl sites for hydroxylation is 1. The second kappa shape index (κ2) is 6.05. The molecule has 0 atom stereocenters. The van der Waals surface area contributed by atoms with Gasteiger partial charge in [0.2, 0.25) is 5.95 Å². The van der Waals surface area contributed by atoms with Crippen molar-refractivity contribution in [3.8, 4) is 0 Å². The molecule has 0 spiro atoms. The van der Waals surface area contributed by atoms with Crippen LogP contribution in [0.4, 0.5) is 5.95 Å². The SMILES string of the molecule is CCCn1ccnc1NCC(C)(C)CN(C)C. The molecule has 0 saturated heterocycles. The lowest BCUT2D eigenvalue weighted by atomic mass is 9.93. The van der Waals surface area contributed by atoms with Gasteiger partial charge in [0.15, 0.2) is 0 Å². The van der Waals surface area contributed by atoms with Gasteiger partial charge in [0.05, 0.1) is 0 Å². The Morgan fingerprint density at radius 3 is 2.71 bits per heavy atom. The molecule has 0 aliphatic carbocycles. The third-order valence-electron chi connectivity index (χ3n) is 2.65. The van der Waals surface area contributed by atoms with Crippen LogP contribution in [0.5, 0.6) is 0 Å². The lowest BCUT2D eigenvalue weighted by molar-refractivity contribution is 0.253. The van der Waals surface area contributed by atoms with Gasteiger partial charge in [0, 0.05) is 32.0 Å². The van der Waals surface area contributed by atoms with Crippen molar-refractivity contribution < 1.29 is 0 Å². The van der Waals surface area contributed by atoms with Crippen molar-refractivity contribution >= 4 is 5.95 Å².